The number of aryl methyl sites for hydroxylation is 1. The monoisotopic (exact) mass is 228 g/mol. The molecule has 0 fully saturated rings. The van der Waals surface area contributed by atoms with E-state index in [-0.39, 0.29) is 5.82 Å². The van der Waals surface area contributed by atoms with E-state index in [1.807, 2.05) is 37.3 Å². The van der Waals surface area contributed by atoms with Crippen LogP contribution in [-0.4, -0.2) is 0 Å². The van der Waals surface area contributed by atoms with Crippen molar-refractivity contribution in [2.24, 2.45) is 0 Å². The molecule has 2 aromatic carbocycles. The van der Waals surface area contributed by atoms with Gasteiger partial charge in [0, 0.05) is 5.56 Å². The molecule has 0 aliphatic carbocycles. The van der Waals surface area contributed by atoms with Gasteiger partial charge in [0.05, 0.1) is 0 Å². The second-order valence-electron chi connectivity index (χ2n) is 4.72. The SMILES string of the molecule is Cc1ccc(-c2c(F)cccc2C(C)C)cc1. The van der Waals surface area contributed by atoms with Gasteiger partial charge in [-0.1, -0.05) is 55.8 Å². The highest BCUT2D eigenvalue weighted by Gasteiger charge is 2.12. The van der Waals surface area contributed by atoms with Crippen LogP contribution in [0.4, 0.5) is 4.39 Å². The van der Waals surface area contributed by atoms with E-state index < -0.39 is 0 Å². The molecule has 0 saturated carbocycles. The Hall–Kier alpha value is -1.63. The van der Waals surface area contributed by atoms with Crippen LogP contribution in [-0.2, 0) is 0 Å². The van der Waals surface area contributed by atoms with Crippen molar-refractivity contribution in [3.63, 3.8) is 0 Å². The van der Waals surface area contributed by atoms with E-state index >= 15 is 0 Å². The molecule has 2 aromatic rings. The van der Waals surface area contributed by atoms with Gasteiger partial charge in [0.2, 0.25) is 0 Å². The van der Waals surface area contributed by atoms with Crippen LogP contribution in [0.5, 0.6) is 0 Å². The predicted molar refractivity (Wildman–Crippen MR) is 70.7 cm³/mol. The summed E-state index contributed by atoms with van der Waals surface area (Å²) >= 11 is 0. The van der Waals surface area contributed by atoms with Crippen LogP contribution in [0.25, 0.3) is 11.1 Å². The summed E-state index contributed by atoms with van der Waals surface area (Å²) < 4.78 is 14.0. The molecule has 0 nitrogen and oxygen atoms in total. The Kier molecular flexibility index (Phi) is 3.28. The largest absolute Gasteiger partial charge is 0.206 e. The number of hydrogen-bond acceptors (Lipinski definition) is 0. The van der Waals surface area contributed by atoms with E-state index in [2.05, 4.69) is 13.8 Å². The normalized spacial score (nSPS) is 10.9. The smallest absolute Gasteiger partial charge is 0.131 e. The van der Waals surface area contributed by atoms with Crippen LogP contribution in [0, 0.1) is 12.7 Å². The number of halogens is 1. The highest BCUT2D eigenvalue weighted by atomic mass is 19.1. The van der Waals surface area contributed by atoms with Crippen LogP contribution in [0.2, 0.25) is 0 Å². The van der Waals surface area contributed by atoms with Crippen LogP contribution in [0.15, 0.2) is 42.5 Å². The summed E-state index contributed by atoms with van der Waals surface area (Å²) in [5, 5.41) is 0. The lowest BCUT2D eigenvalue weighted by Crippen LogP contribution is -1.95. The number of benzene rings is 2. The average molecular weight is 228 g/mol. The average Bonchev–Trinajstić information content (AvgIpc) is 2.30. The zero-order valence-corrected chi connectivity index (χ0v) is 10.5. The maximum Gasteiger partial charge on any atom is 0.131 e. The van der Waals surface area contributed by atoms with E-state index in [0.29, 0.717) is 5.92 Å². The first kappa shape index (κ1) is 11.8. The molecule has 0 N–H and O–H groups in total. The summed E-state index contributed by atoms with van der Waals surface area (Å²) in [6.45, 7) is 6.22. The Morgan fingerprint density at radius 1 is 0.941 bits per heavy atom. The lowest BCUT2D eigenvalue weighted by Gasteiger charge is -2.14. The summed E-state index contributed by atoms with van der Waals surface area (Å²) in [7, 11) is 0. The zero-order chi connectivity index (χ0) is 12.4. The second kappa shape index (κ2) is 4.70. The Morgan fingerprint density at radius 3 is 2.18 bits per heavy atom. The van der Waals surface area contributed by atoms with Crippen molar-refractivity contribution in [1.29, 1.82) is 0 Å². The van der Waals surface area contributed by atoms with Crippen molar-refractivity contribution in [2.75, 3.05) is 0 Å². The van der Waals surface area contributed by atoms with Crippen molar-refractivity contribution >= 4 is 0 Å². The Bertz CT molecular complexity index is 510. The van der Waals surface area contributed by atoms with Gasteiger partial charge in [-0.2, -0.15) is 0 Å². The van der Waals surface area contributed by atoms with Gasteiger partial charge in [-0.15, -0.1) is 0 Å². The van der Waals surface area contributed by atoms with Crippen molar-refractivity contribution < 1.29 is 4.39 Å². The molecule has 1 heteroatoms. The first-order chi connectivity index (χ1) is 8.09. The minimum absolute atomic E-state index is 0.139. The van der Waals surface area contributed by atoms with E-state index in [4.69, 9.17) is 0 Å². The van der Waals surface area contributed by atoms with Crippen LogP contribution in [0.3, 0.4) is 0 Å². The number of hydrogen-bond donors (Lipinski definition) is 0. The molecular formula is C16H17F. The molecule has 0 radical (unpaired) electrons. The summed E-state index contributed by atoms with van der Waals surface area (Å²) in [5.41, 5.74) is 3.95. The highest BCUT2D eigenvalue weighted by Crippen LogP contribution is 2.31. The number of rotatable bonds is 2. The molecular weight excluding hydrogens is 211 g/mol. The third kappa shape index (κ3) is 2.38. The fraction of sp³-hybridized carbons (Fsp3) is 0.250. The first-order valence-corrected chi connectivity index (χ1v) is 5.95. The topological polar surface area (TPSA) is 0 Å². The Morgan fingerprint density at radius 2 is 1.59 bits per heavy atom. The lowest BCUT2D eigenvalue weighted by molar-refractivity contribution is 0.627. The van der Waals surface area contributed by atoms with E-state index in [1.165, 1.54) is 11.6 Å². The van der Waals surface area contributed by atoms with Gasteiger partial charge < -0.3 is 0 Å². The third-order valence-electron chi connectivity index (χ3n) is 3.01. The van der Waals surface area contributed by atoms with Gasteiger partial charge in [0.25, 0.3) is 0 Å². The Balaban J connectivity index is 2.61. The van der Waals surface area contributed by atoms with E-state index in [0.717, 1.165) is 16.7 Å². The molecule has 0 aromatic heterocycles. The van der Waals surface area contributed by atoms with Gasteiger partial charge in [0.1, 0.15) is 5.82 Å². The maximum absolute atomic E-state index is 14.0. The maximum atomic E-state index is 14.0. The molecule has 0 unspecified atom stereocenters. The molecule has 2 rings (SSSR count). The second-order valence-corrected chi connectivity index (χ2v) is 4.72. The summed E-state index contributed by atoms with van der Waals surface area (Å²) in [6, 6.07) is 13.3. The van der Waals surface area contributed by atoms with Crippen molar-refractivity contribution in [3.05, 3.63) is 59.4 Å². The third-order valence-corrected chi connectivity index (χ3v) is 3.01. The minimum Gasteiger partial charge on any atom is -0.206 e. The molecule has 0 aliphatic heterocycles. The zero-order valence-electron chi connectivity index (χ0n) is 10.5. The molecule has 0 bridgehead atoms. The predicted octanol–water partition coefficient (Wildman–Crippen LogP) is 4.92. The van der Waals surface area contributed by atoms with Crippen LogP contribution >= 0.6 is 0 Å². The first-order valence-electron chi connectivity index (χ1n) is 5.95. The fourth-order valence-electron chi connectivity index (χ4n) is 2.05. The van der Waals surface area contributed by atoms with Crippen molar-refractivity contribution in [2.45, 2.75) is 26.7 Å². The highest BCUT2D eigenvalue weighted by molar-refractivity contribution is 5.69. The van der Waals surface area contributed by atoms with Gasteiger partial charge in [-0.3, -0.25) is 0 Å². The summed E-state index contributed by atoms with van der Waals surface area (Å²) in [5.74, 6) is 0.182. The van der Waals surface area contributed by atoms with E-state index in [1.54, 1.807) is 6.07 Å². The quantitative estimate of drug-likeness (QED) is 0.684. The molecule has 0 atom stereocenters. The van der Waals surface area contributed by atoms with Crippen LogP contribution in [0.1, 0.15) is 30.9 Å². The molecule has 0 aliphatic rings. The summed E-state index contributed by atoms with van der Waals surface area (Å²) in [6.07, 6.45) is 0. The molecule has 0 heterocycles. The summed E-state index contributed by atoms with van der Waals surface area (Å²) in [4.78, 5) is 0. The van der Waals surface area contributed by atoms with Gasteiger partial charge in [0.15, 0.2) is 0 Å². The molecule has 0 saturated heterocycles. The fourth-order valence-corrected chi connectivity index (χ4v) is 2.05. The van der Waals surface area contributed by atoms with Gasteiger partial charge in [-0.25, -0.2) is 4.39 Å². The minimum atomic E-state index is -0.139. The molecule has 0 amide bonds. The van der Waals surface area contributed by atoms with Gasteiger partial charge >= 0.3 is 0 Å². The molecule has 17 heavy (non-hydrogen) atoms. The molecule has 0 spiro atoms. The van der Waals surface area contributed by atoms with E-state index in [9.17, 15) is 4.39 Å². The lowest BCUT2D eigenvalue weighted by atomic mass is 9.92. The van der Waals surface area contributed by atoms with Crippen molar-refractivity contribution in [3.8, 4) is 11.1 Å². The standard InChI is InChI=1S/C16H17F/c1-11(2)14-5-4-6-15(17)16(14)13-9-7-12(3)8-10-13/h4-11H,1-3H3. The van der Waals surface area contributed by atoms with Crippen molar-refractivity contribution in [1.82, 2.24) is 0 Å². The van der Waals surface area contributed by atoms with Gasteiger partial charge in [-0.05, 0) is 30.0 Å². The molecule has 88 valence electrons. The Labute approximate surface area is 102 Å². The van der Waals surface area contributed by atoms with Crippen LogP contribution < -0.4 is 0 Å².